The second kappa shape index (κ2) is 10.1. The number of piperazine rings is 1. The number of nitrogens with zero attached hydrogens (tertiary/aromatic N) is 8. The zero-order valence-electron chi connectivity index (χ0n) is 21.6. The fraction of sp³-hybridized carbons (Fsp3) is 0.440. The van der Waals surface area contributed by atoms with Gasteiger partial charge in [-0.1, -0.05) is 0 Å². The molecule has 1 atom stereocenters. The molecule has 2 aliphatic rings. The Kier molecular flexibility index (Phi) is 6.59. The van der Waals surface area contributed by atoms with Crippen molar-refractivity contribution in [2.75, 3.05) is 67.6 Å². The highest BCUT2D eigenvalue weighted by Crippen LogP contribution is 2.26. The van der Waals surface area contributed by atoms with E-state index in [-0.39, 0.29) is 10.8 Å². The van der Waals surface area contributed by atoms with E-state index in [1.165, 1.54) is 10.6 Å². The molecule has 0 bridgehead atoms. The summed E-state index contributed by atoms with van der Waals surface area (Å²) in [6.45, 7) is 5.51. The van der Waals surface area contributed by atoms with Gasteiger partial charge in [0.05, 0.1) is 16.8 Å². The van der Waals surface area contributed by atoms with Crippen molar-refractivity contribution in [1.29, 1.82) is 0 Å². The van der Waals surface area contributed by atoms with Crippen LogP contribution in [0.4, 0.5) is 22.0 Å². The van der Waals surface area contributed by atoms with Crippen LogP contribution in [0.2, 0.25) is 0 Å². The fourth-order valence-electron chi connectivity index (χ4n) is 5.35. The number of furan rings is 1. The lowest BCUT2D eigenvalue weighted by molar-refractivity contribution is 0.205. The molecule has 39 heavy (non-hydrogen) atoms. The number of rotatable bonds is 6. The quantitative estimate of drug-likeness (QED) is 0.373. The molecule has 0 spiro atoms. The molecule has 6 rings (SSSR count). The summed E-state index contributed by atoms with van der Waals surface area (Å²) in [6, 6.07) is 7.69. The molecule has 2 saturated heterocycles. The van der Waals surface area contributed by atoms with Crippen molar-refractivity contribution in [3.8, 4) is 11.6 Å². The minimum absolute atomic E-state index is 0.00361. The van der Waals surface area contributed by atoms with Crippen LogP contribution in [0.25, 0.3) is 17.4 Å². The van der Waals surface area contributed by atoms with Crippen LogP contribution in [0, 0.1) is 11.7 Å². The largest absolute Gasteiger partial charge is 0.461 e. The molecular formula is C25H30FN9O3S. The summed E-state index contributed by atoms with van der Waals surface area (Å²) in [5.41, 5.74) is 6.64. The van der Waals surface area contributed by atoms with E-state index in [0.717, 1.165) is 57.9 Å². The van der Waals surface area contributed by atoms with Gasteiger partial charge in [-0.05, 0) is 49.1 Å². The number of nitrogen functional groups attached to an aromatic ring is 1. The molecule has 1 aromatic carbocycles. The first-order chi connectivity index (χ1) is 18.7. The molecule has 5 heterocycles. The average Bonchev–Trinajstić information content (AvgIpc) is 3.59. The van der Waals surface area contributed by atoms with Gasteiger partial charge in [-0.15, -0.1) is 5.10 Å². The molecule has 4 aromatic rings. The van der Waals surface area contributed by atoms with Gasteiger partial charge in [-0.3, -0.25) is 4.90 Å². The van der Waals surface area contributed by atoms with Gasteiger partial charge in [0.25, 0.3) is 5.78 Å². The Morgan fingerprint density at radius 2 is 1.90 bits per heavy atom. The maximum absolute atomic E-state index is 14.7. The Bertz CT molecular complexity index is 1580. The second-order valence-electron chi connectivity index (χ2n) is 10.1. The number of halogens is 1. The molecule has 0 amide bonds. The summed E-state index contributed by atoms with van der Waals surface area (Å²) < 4.78 is 44.9. The van der Waals surface area contributed by atoms with Crippen LogP contribution in [0.5, 0.6) is 0 Å². The number of hydrogen-bond donors (Lipinski definition) is 1. The molecule has 0 aliphatic carbocycles. The third-order valence-corrected chi connectivity index (χ3v) is 8.45. The van der Waals surface area contributed by atoms with Gasteiger partial charge >= 0.3 is 0 Å². The van der Waals surface area contributed by atoms with Crippen molar-refractivity contribution < 1.29 is 17.2 Å². The van der Waals surface area contributed by atoms with E-state index < -0.39 is 15.7 Å². The normalized spacial score (nSPS) is 19.2. The number of fused-ring (bicyclic) bond motifs is 1. The summed E-state index contributed by atoms with van der Waals surface area (Å²) in [4.78, 5) is 20.1. The molecule has 0 unspecified atom stereocenters. The molecular weight excluding hydrogens is 525 g/mol. The minimum atomic E-state index is -3.44. The third-order valence-electron chi connectivity index (χ3n) is 7.34. The Balaban J connectivity index is 1.08. The summed E-state index contributed by atoms with van der Waals surface area (Å²) >= 11 is 0. The first-order valence-corrected chi connectivity index (χ1v) is 14.8. The van der Waals surface area contributed by atoms with Gasteiger partial charge < -0.3 is 20.0 Å². The standard InChI is InChI=1S/C25H30FN9O3S/c1-39(36,37)18-6-7-20(19(26)14-18)33-11-9-32(10-12-33)15-17-4-2-8-34(16-17)24-29-23(27)35-25(30-24)28-22(31-35)21-5-3-13-38-21/h3,5-7,13-14,17H,2,4,8-12,15-16H2,1H3,(H2,27,28,29,30,31)/t17-/m0/s1. The zero-order chi connectivity index (χ0) is 27.1. The van der Waals surface area contributed by atoms with Gasteiger partial charge in [0.1, 0.15) is 5.82 Å². The summed E-state index contributed by atoms with van der Waals surface area (Å²) in [5, 5.41) is 4.36. The van der Waals surface area contributed by atoms with Crippen LogP contribution in [-0.4, -0.2) is 90.0 Å². The Labute approximate surface area is 225 Å². The number of piperidine rings is 1. The van der Waals surface area contributed by atoms with Gasteiger partial charge in [0.15, 0.2) is 15.6 Å². The lowest BCUT2D eigenvalue weighted by atomic mass is 9.97. The molecule has 3 aromatic heterocycles. The van der Waals surface area contributed by atoms with Gasteiger partial charge in [0, 0.05) is 52.1 Å². The van der Waals surface area contributed by atoms with E-state index in [1.807, 2.05) is 4.90 Å². The monoisotopic (exact) mass is 555 g/mol. The Morgan fingerprint density at radius 3 is 2.62 bits per heavy atom. The van der Waals surface area contributed by atoms with E-state index in [4.69, 9.17) is 10.2 Å². The molecule has 14 heteroatoms. The van der Waals surface area contributed by atoms with Gasteiger partial charge in [-0.25, -0.2) is 12.8 Å². The van der Waals surface area contributed by atoms with Crippen LogP contribution >= 0.6 is 0 Å². The van der Waals surface area contributed by atoms with Crippen molar-refractivity contribution >= 4 is 33.2 Å². The number of hydrogen-bond acceptors (Lipinski definition) is 11. The van der Waals surface area contributed by atoms with Crippen LogP contribution in [0.3, 0.4) is 0 Å². The smallest absolute Gasteiger partial charge is 0.259 e. The van der Waals surface area contributed by atoms with Crippen molar-refractivity contribution in [1.82, 2.24) is 29.5 Å². The molecule has 2 N–H and O–H groups in total. The maximum atomic E-state index is 14.7. The van der Waals surface area contributed by atoms with Gasteiger partial charge in [-0.2, -0.15) is 19.5 Å². The number of nitrogens with two attached hydrogens (primary N) is 1. The third kappa shape index (κ3) is 5.26. The topological polar surface area (TPSA) is 139 Å². The number of anilines is 3. The van der Waals surface area contributed by atoms with Crippen molar-refractivity contribution in [2.24, 2.45) is 5.92 Å². The highest BCUT2D eigenvalue weighted by atomic mass is 32.2. The zero-order valence-corrected chi connectivity index (χ0v) is 22.4. The van der Waals surface area contributed by atoms with E-state index >= 15 is 0 Å². The van der Waals surface area contributed by atoms with E-state index in [9.17, 15) is 12.8 Å². The van der Waals surface area contributed by atoms with Crippen LogP contribution < -0.4 is 15.5 Å². The molecule has 206 valence electrons. The Hall–Kier alpha value is -3.78. The minimum Gasteiger partial charge on any atom is -0.461 e. The van der Waals surface area contributed by atoms with E-state index in [0.29, 0.717) is 48.0 Å². The van der Waals surface area contributed by atoms with Crippen molar-refractivity contribution in [3.05, 3.63) is 42.4 Å². The second-order valence-corrected chi connectivity index (χ2v) is 12.1. The average molecular weight is 556 g/mol. The van der Waals surface area contributed by atoms with E-state index in [1.54, 1.807) is 24.5 Å². The van der Waals surface area contributed by atoms with Crippen molar-refractivity contribution in [3.63, 3.8) is 0 Å². The van der Waals surface area contributed by atoms with E-state index in [2.05, 4.69) is 29.9 Å². The lowest BCUT2D eigenvalue weighted by Crippen LogP contribution is -2.50. The predicted octanol–water partition coefficient (Wildman–Crippen LogP) is 1.94. The highest BCUT2D eigenvalue weighted by Gasteiger charge is 2.27. The molecule has 0 saturated carbocycles. The Morgan fingerprint density at radius 1 is 1.08 bits per heavy atom. The number of benzene rings is 1. The maximum Gasteiger partial charge on any atom is 0.259 e. The van der Waals surface area contributed by atoms with Gasteiger partial charge in [0.2, 0.25) is 17.7 Å². The molecule has 12 nitrogen and oxygen atoms in total. The fourth-order valence-corrected chi connectivity index (χ4v) is 5.99. The van der Waals surface area contributed by atoms with Crippen LogP contribution in [0.1, 0.15) is 12.8 Å². The highest BCUT2D eigenvalue weighted by molar-refractivity contribution is 7.90. The lowest BCUT2D eigenvalue weighted by Gasteiger charge is -2.40. The molecule has 2 fully saturated rings. The molecule has 0 radical (unpaired) electrons. The van der Waals surface area contributed by atoms with Crippen LogP contribution in [-0.2, 0) is 9.84 Å². The first kappa shape index (κ1) is 25.5. The van der Waals surface area contributed by atoms with Crippen molar-refractivity contribution in [2.45, 2.75) is 17.7 Å². The summed E-state index contributed by atoms with van der Waals surface area (Å²) in [7, 11) is -3.44. The molecule has 2 aliphatic heterocycles. The predicted molar refractivity (Wildman–Crippen MR) is 144 cm³/mol. The SMILES string of the molecule is CS(=O)(=O)c1ccc(N2CCN(C[C@@H]3CCCN(c4nc(N)n5nc(-c6ccco6)nc5n4)C3)CC2)c(F)c1. The summed E-state index contributed by atoms with van der Waals surface area (Å²) in [5.74, 6) is 1.99. The summed E-state index contributed by atoms with van der Waals surface area (Å²) in [6.07, 6.45) is 4.76. The first-order valence-electron chi connectivity index (χ1n) is 12.9. The number of aromatic nitrogens is 5. The number of sulfone groups is 1. The van der Waals surface area contributed by atoms with Crippen LogP contribution in [0.15, 0.2) is 45.9 Å².